The van der Waals surface area contributed by atoms with Gasteiger partial charge in [-0.05, 0) is 23.8 Å². The maximum Gasteiger partial charge on any atom is 0.124 e. The highest BCUT2D eigenvalue weighted by Gasteiger charge is 2.12. The third kappa shape index (κ3) is 2.51. The second kappa shape index (κ2) is 5.08. The molecule has 0 fully saturated rings. The molecule has 0 unspecified atom stereocenters. The van der Waals surface area contributed by atoms with Crippen molar-refractivity contribution in [3.05, 3.63) is 27.4 Å². The Morgan fingerprint density at radius 2 is 2.25 bits per heavy atom. The SMILES string of the molecule is CC(C)Cc1nc(-c2ccsc2)sc1CN. The van der Waals surface area contributed by atoms with Crippen LogP contribution in [0.2, 0.25) is 0 Å². The zero-order chi connectivity index (χ0) is 11.5. The van der Waals surface area contributed by atoms with Gasteiger partial charge in [-0.1, -0.05) is 13.8 Å². The van der Waals surface area contributed by atoms with Gasteiger partial charge in [0.25, 0.3) is 0 Å². The lowest BCUT2D eigenvalue weighted by molar-refractivity contribution is 0.634. The third-order valence-corrected chi connectivity index (χ3v) is 4.19. The van der Waals surface area contributed by atoms with E-state index in [1.165, 1.54) is 16.1 Å². The molecule has 2 aromatic heterocycles. The Balaban J connectivity index is 2.32. The average Bonchev–Trinajstić information content (AvgIpc) is 2.83. The van der Waals surface area contributed by atoms with Crippen LogP contribution in [-0.4, -0.2) is 4.98 Å². The molecule has 4 heteroatoms. The van der Waals surface area contributed by atoms with Crippen molar-refractivity contribution in [2.45, 2.75) is 26.8 Å². The second-order valence-corrected chi connectivity index (χ2v) is 6.07. The van der Waals surface area contributed by atoms with Crippen molar-refractivity contribution >= 4 is 22.7 Å². The Morgan fingerprint density at radius 1 is 1.44 bits per heavy atom. The Hall–Kier alpha value is -0.710. The quantitative estimate of drug-likeness (QED) is 0.904. The topological polar surface area (TPSA) is 38.9 Å². The molecular formula is C12H16N2S2. The third-order valence-electron chi connectivity index (χ3n) is 2.33. The van der Waals surface area contributed by atoms with Gasteiger partial charge in [0.1, 0.15) is 5.01 Å². The smallest absolute Gasteiger partial charge is 0.124 e. The van der Waals surface area contributed by atoms with E-state index in [1.807, 2.05) is 0 Å². The molecule has 2 aromatic rings. The fourth-order valence-corrected chi connectivity index (χ4v) is 3.28. The van der Waals surface area contributed by atoms with E-state index >= 15 is 0 Å². The van der Waals surface area contributed by atoms with Crippen molar-refractivity contribution in [2.24, 2.45) is 11.7 Å². The Labute approximate surface area is 104 Å². The number of thiazole rings is 1. The highest BCUT2D eigenvalue weighted by Crippen LogP contribution is 2.30. The first kappa shape index (κ1) is 11.8. The molecule has 2 N–H and O–H groups in total. The summed E-state index contributed by atoms with van der Waals surface area (Å²) in [6.45, 7) is 5.03. The van der Waals surface area contributed by atoms with Crippen LogP contribution in [0.3, 0.4) is 0 Å². The van der Waals surface area contributed by atoms with Gasteiger partial charge in [0, 0.05) is 22.4 Å². The number of aromatic nitrogens is 1. The normalized spacial score (nSPS) is 11.2. The molecule has 0 aliphatic rings. The van der Waals surface area contributed by atoms with Crippen LogP contribution in [0.15, 0.2) is 16.8 Å². The van der Waals surface area contributed by atoms with E-state index in [2.05, 4.69) is 30.7 Å². The predicted molar refractivity (Wildman–Crippen MR) is 71.9 cm³/mol. The van der Waals surface area contributed by atoms with Crippen molar-refractivity contribution in [3.8, 4) is 10.6 Å². The highest BCUT2D eigenvalue weighted by molar-refractivity contribution is 7.15. The van der Waals surface area contributed by atoms with Crippen molar-refractivity contribution in [3.63, 3.8) is 0 Å². The largest absolute Gasteiger partial charge is 0.326 e. The molecule has 2 nitrogen and oxygen atoms in total. The molecule has 16 heavy (non-hydrogen) atoms. The van der Waals surface area contributed by atoms with E-state index in [4.69, 9.17) is 10.7 Å². The fourth-order valence-electron chi connectivity index (χ4n) is 1.60. The van der Waals surface area contributed by atoms with Crippen molar-refractivity contribution in [1.29, 1.82) is 0 Å². The van der Waals surface area contributed by atoms with Gasteiger partial charge in [-0.25, -0.2) is 4.98 Å². The second-order valence-electron chi connectivity index (χ2n) is 4.20. The summed E-state index contributed by atoms with van der Waals surface area (Å²) in [7, 11) is 0. The van der Waals surface area contributed by atoms with E-state index in [9.17, 15) is 0 Å². The van der Waals surface area contributed by atoms with Crippen LogP contribution in [0, 0.1) is 5.92 Å². The van der Waals surface area contributed by atoms with E-state index < -0.39 is 0 Å². The van der Waals surface area contributed by atoms with Crippen molar-refractivity contribution in [2.75, 3.05) is 0 Å². The first-order valence-corrected chi connectivity index (χ1v) is 7.18. The molecule has 86 valence electrons. The van der Waals surface area contributed by atoms with Gasteiger partial charge in [-0.15, -0.1) is 11.3 Å². The predicted octanol–water partition coefficient (Wildman–Crippen LogP) is 3.53. The van der Waals surface area contributed by atoms with E-state index in [1.54, 1.807) is 22.7 Å². The lowest BCUT2D eigenvalue weighted by Gasteiger charge is -2.02. The standard InChI is InChI=1S/C12H16N2S2/c1-8(2)5-10-11(6-13)16-12(14-10)9-3-4-15-7-9/h3-4,7-8H,5-6,13H2,1-2H3. The van der Waals surface area contributed by atoms with Gasteiger partial charge in [0.15, 0.2) is 0 Å². The first-order valence-electron chi connectivity index (χ1n) is 5.42. The maximum absolute atomic E-state index is 5.77. The molecule has 0 amide bonds. The summed E-state index contributed by atoms with van der Waals surface area (Å²) >= 11 is 3.44. The van der Waals surface area contributed by atoms with Gasteiger partial charge in [0.2, 0.25) is 0 Å². The van der Waals surface area contributed by atoms with Crippen LogP contribution in [0.4, 0.5) is 0 Å². The van der Waals surface area contributed by atoms with Gasteiger partial charge in [0.05, 0.1) is 5.69 Å². The van der Waals surface area contributed by atoms with Crippen LogP contribution in [0.25, 0.3) is 10.6 Å². The summed E-state index contributed by atoms with van der Waals surface area (Å²) < 4.78 is 0. The lowest BCUT2D eigenvalue weighted by Crippen LogP contribution is -2.01. The number of hydrogen-bond donors (Lipinski definition) is 1. The first-order chi connectivity index (χ1) is 7.70. The molecule has 0 radical (unpaired) electrons. The molecule has 0 bridgehead atoms. The average molecular weight is 252 g/mol. The minimum absolute atomic E-state index is 0.601. The molecule has 0 aliphatic carbocycles. The summed E-state index contributed by atoms with van der Waals surface area (Å²) in [6.07, 6.45) is 1.02. The maximum atomic E-state index is 5.77. The van der Waals surface area contributed by atoms with Gasteiger partial charge >= 0.3 is 0 Å². The molecular weight excluding hydrogens is 236 g/mol. The van der Waals surface area contributed by atoms with Gasteiger partial charge in [-0.2, -0.15) is 11.3 Å². The van der Waals surface area contributed by atoms with Crippen LogP contribution in [0.1, 0.15) is 24.4 Å². The summed E-state index contributed by atoms with van der Waals surface area (Å²) in [5, 5.41) is 5.33. The van der Waals surface area contributed by atoms with Crippen molar-refractivity contribution < 1.29 is 0 Å². The van der Waals surface area contributed by atoms with Crippen LogP contribution >= 0.6 is 22.7 Å². The zero-order valence-electron chi connectivity index (χ0n) is 9.56. The minimum Gasteiger partial charge on any atom is -0.326 e. The number of rotatable bonds is 4. The molecule has 2 heterocycles. The van der Waals surface area contributed by atoms with Crippen LogP contribution < -0.4 is 5.73 Å². The summed E-state index contributed by atoms with van der Waals surface area (Å²) in [6, 6.07) is 2.11. The van der Waals surface area contributed by atoms with Crippen molar-refractivity contribution in [1.82, 2.24) is 4.98 Å². The Kier molecular flexibility index (Phi) is 3.74. The molecule has 0 saturated heterocycles. The molecule has 0 aromatic carbocycles. The molecule has 2 rings (SSSR count). The monoisotopic (exact) mass is 252 g/mol. The number of thiophene rings is 1. The summed E-state index contributed by atoms with van der Waals surface area (Å²) in [5.41, 5.74) is 8.17. The Bertz CT molecular complexity index is 444. The number of hydrogen-bond acceptors (Lipinski definition) is 4. The highest BCUT2D eigenvalue weighted by atomic mass is 32.1. The van der Waals surface area contributed by atoms with E-state index in [-0.39, 0.29) is 0 Å². The molecule has 0 saturated carbocycles. The Morgan fingerprint density at radius 3 is 2.81 bits per heavy atom. The zero-order valence-corrected chi connectivity index (χ0v) is 11.2. The minimum atomic E-state index is 0.601. The fraction of sp³-hybridized carbons (Fsp3) is 0.417. The van der Waals surface area contributed by atoms with Crippen LogP contribution in [-0.2, 0) is 13.0 Å². The number of nitrogens with two attached hydrogens (primary N) is 1. The van der Waals surface area contributed by atoms with Crippen LogP contribution in [0.5, 0.6) is 0 Å². The molecule has 0 atom stereocenters. The molecule has 0 aliphatic heterocycles. The van der Waals surface area contributed by atoms with E-state index in [0.29, 0.717) is 12.5 Å². The summed E-state index contributed by atoms with van der Waals surface area (Å²) in [5.74, 6) is 0.628. The van der Waals surface area contributed by atoms with Gasteiger partial charge in [-0.3, -0.25) is 0 Å². The van der Waals surface area contributed by atoms with Gasteiger partial charge < -0.3 is 5.73 Å². The lowest BCUT2D eigenvalue weighted by atomic mass is 10.1. The summed E-state index contributed by atoms with van der Waals surface area (Å²) in [4.78, 5) is 5.94. The molecule has 0 spiro atoms. The van der Waals surface area contributed by atoms with E-state index in [0.717, 1.165) is 11.4 Å². The number of nitrogens with zero attached hydrogens (tertiary/aromatic N) is 1.